The number of rotatable bonds is 6. The number of carbonyl (C=O) groups excluding carboxylic acids is 1. The highest BCUT2D eigenvalue weighted by Gasteiger charge is 2.48. The zero-order valence-corrected chi connectivity index (χ0v) is 11.8. The van der Waals surface area contributed by atoms with Crippen molar-refractivity contribution in [3.63, 3.8) is 0 Å². The summed E-state index contributed by atoms with van der Waals surface area (Å²) in [4.78, 5) is 22.2. The minimum atomic E-state index is -0.861. The van der Waals surface area contributed by atoms with Gasteiger partial charge in [-0.25, -0.2) is 0 Å². The minimum absolute atomic E-state index is 0.136. The monoisotopic (exact) mass is 280 g/mol. The Hall–Kier alpha value is -1.10. The van der Waals surface area contributed by atoms with Crippen molar-refractivity contribution in [3.8, 4) is 0 Å². The number of hydrogen-bond donors (Lipinski definition) is 3. The van der Waals surface area contributed by atoms with Gasteiger partial charge in [-0.3, -0.25) is 9.59 Å². The molecule has 0 aromatic rings. The van der Waals surface area contributed by atoms with Gasteiger partial charge in [0.05, 0.1) is 0 Å². The molecule has 4 fully saturated rings. The Bertz CT molecular complexity index is 382. The molecule has 5 nitrogen and oxygen atoms in total. The second kappa shape index (κ2) is 5.35. The molecule has 0 aromatic heterocycles. The molecule has 112 valence electrons. The zero-order valence-electron chi connectivity index (χ0n) is 11.8. The molecule has 0 saturated heterocycles. The van der Waals surface area contributed by atoms with Crippen LogP contribution in [0.5, 0.6) is 0 Å². The fourth-order valence-corrected chi connectivity index (χ4v) is 4.99. The fraction of sp³-hybridized carbons (Fsp3) is 0.867. The lowest BCUT2D eigenvalue weighted by atomic mass is 9.54. The second-order valence-corrected chi connectivity index (χ2v) is 7.02. The highest BCUT2D eigenvalue weighted by atomic mass is 16.4. The lowest BCUT2D eigenvalue weighted by molar-refractivity contribution is -0.141. The molecular formula is C15H24N2O3. The molecule has 4 N–H and O–H groups in total. The minimum Gasteiger partial charge on any atom is -0.480 e. The molecule has 0 unspecified atom stereocenters. The maximum absolute atomic E-state index is 11.4. The first-order chi connectivity index (χ1) is 9.52. The highest BCUT2D eigenvalue weighted by molar-refractivity contribution is 5.77. The molecule has 4 rings (SSSR count). The second-order valence-electron chi connectivity index (χ2n) is 7.02. The SMILES string of the molecule is NC(=O)CC[C@H](NC1C2CC3CC(C2)CC1C3)C(=O)O. The topological polar surface area (TPSA) is 92.4 Å². The van der Waals surface area contributed by atoms with Gasteiger partial charge in [-0.2, -0.15) is 0 Å². The summed E-state index contributed by atoms with van der Waals surface area (Å²) >= 11 is 0. The Morgan fingerprint density at radius 1 is 1.10 bits per heavy atom. The van der Waals surface area contributed by atoms with Crippen LogP contribution in [0.1, 0.15) is 44.9 Å². The van der Waals surface area contributed by atoms with Gasteiger partial charge in [0.15, 0.2) is 0 Å². The van der Waals surface area contributed by atoms with Gasteiger partial charge in [0.2, 0.25) is 5.91 Å². The van der Waals surface area contributed by atoms with Crippen LogP contribution in [0.2, 0.25) is 0 Å². The molecular weight excluding hydrogens is 256 g/mol. The summed E-state index contributed by atoms with van der Waals surface area (Å²) in [6.45, 7) is 0. The van der Waals surface area contributed by atoms with Gasteiger partial charge in [0, 0.05) is 12.5 Å². The van der Waals surface area contributed by atoms with Gasteiger partial charge < -0.3 is 16.2 Å². The third-order valence-electron chi connectivity index (χ3n) is 5.60. The Morgan fingerprint density at radius 3 is 2.10 bits per heavy atom. The predicted molar refractivity (Wildman–Crippen MR) is 73.8 cm³/mol. The van der Waals surface area contributed by atoms with E-state index in [-0.39, 0.29) is 6.42 Å². The molecule has 0 aromatic carbocycles. The smallest absolute Gasteiger partial charge is 0.320 e. The summed E-state index contributed by atoms with van der Waals surface area (Å²) in [5.74, 6) is 1.75. The lowest BCUT2D eigenvalue weighted by Gasteiger charge is -2.55. The van der Waals surface area contributed by atoms with E-state index >= 15 is 0 Å². The van der Waals surface area contributed by atoms with Gasteiger partial charge in [0.1, 0.15) is 6.04 Å². The number of carboxylic acids is 1. The first kappa shape index (κ1) is 13.9. The first-order valence-electron chi connectivity index (χ1n) is 7.80. The predicted octanol–water partition coefficient (Wildman–Crippen LogP) is 1.12. The molecule has 0 heterocycles. The van der Waals surface area contributed by atoms with Crippen LogP contribution in [-0.2, 0) is 9.59 Å². The average Bonchev–Trinajstić information content (AvgIpc) is 2.35. The zero-order chi connectivity index (χ0) is 14.3. The molecule has 4 aliphatic carbocycles. The number of carboxylic acid groups (broad SMARTS) is 1. The van der Waals surface area contributed by atoms with E-state index in [2.05, 4.69) is 5.32 Å². The van der Waals surface area contributed by atoms with Crippen LogP contribution >= 0.6 is 0 Å². The number of amides is 1. The van der Waals surface area contributed by atoms with Gasteiger partial charge in [0.25, 0.3) is 0 Å². The van der Waals surface area contributed by atoms with Crippen LogP contribution in [0.4, 0.5) is 0 Å². The van der Waals surface area contributed by atoms with Crippen molar-refractivity contribution in [2.75, 3.05) is 0 Å². The molecule has 4 aliphatic rings. The molecule has 5 heteroatoms. The highest BCUT2D eigenvalue weighted by Crippen LogP contribution is 2.53. The van der Waals surface area contributed by atoms with Crippen LogP contribution in [0, 0.1) is 23.7 Å². The van der Waals surface area contributed by atoms with Gasteiger partial charge in [-0.05, 0) is 62.2 Å². The number of carbonyl (C=O) groups is 2. The molecule has 0 radical (unpaired) electrons. The van der Waals surface area contributed by atoms with Crippen LogP contribution in [0.15, 0.2) is 0 Å². The summed E-state index contributed by atoms with van der Waals surface area (Å²) in [7, 11) is 0. The average molecular weight is 280 g/mol. The van der Waals surface area contributed by atoms with E-state index in [1.165, 1.54) is 32.1 Å². The van der Waals surface area contributed by atoms with Crippen molar-refractivity contribution >= 4 is 11.9 Å². The maximum Gasteiger partial charge on any atom is 0.320 e. The van der Waals surface area contributed by atoms with Crippen LogP contribution in [-0.4, -0.2) is 29.1 Å². The van der Waals surface area contributed by atoms with E-state index in [1.54, 1.807) is 0 Å². The summed E-state index contributed by atoms with van der Waals surface area (Å²) in [5.41, 5.74) is 5.13. The van der Waals surface area contributed by atoms with Crippen molar-refractivity contribution in [3.05, 3.63) is 0 Å². The van der Waals surface area contributed by atoms with E-state index in [0.29, 0.717) is 24.3 Å². The van der Waals surface area contributed by atoms with Crippen molar-refractivity contribution in [1.29, 1.82) is 0 Å². The normalized spacial score (nSPS) is 39.7. The molecule has 0 aliphatic heterocycles. The first-order valence-corrected chi connectivity index (χ1v) is 7.80. The largest absolute Gasteiger partial charge is 0.480 e. The van der Waals surface area contributed by atoms with Gasteiger partial charge >= 0.3 is 5.97 Å². The van der Waals surface area contributed by atoms with Crippen molar-refractivity contribution in [1.82, 2.24) is 5.32 Å². The molecule has 4 saturated carbocycles. The number of nitrogens with two attached hydrogens (primary N) is 1. The van der Waals surface area contributed by atoms with Crippen molar-refractivity contribution in [2.24, 2.45) is 29.4 Å². The molecule has 1 amide bonds. The summed E-state index contributed by atoms with van der Waals surface area (Å²) in [5, 5.41) is 12.7. The Balaban J connectivity index is 1.63. The van der Waals surface area contributed by atoms with E-state index in [4.69, 9.17) is 5.73 Å². The molecule has 1 atom stereocenters. The Labute approximate surface area is 119 Å². The lowest BCUT2D eigenvalue weighted by Crippen LogP contribution is -2.58. The van der Waals surface area contributed by atoms with E-state index in [1.807, 2.05) is 0 Å². The van der Waals surface area contributed by atoms with E-state index < -0.39 is 17.9 Å². The third kappa shape index (κ3) is 2.68. The van der Waals surface area contributed by atoms with Crippen molar-refractivity contribution < 1.29 is 14.7 Å². The molecule has 0 spiro atoms. The Morgan fingerprint density at radius 2 is 1.65 bits per heavy atom. The number of primary amides is 1. The quantitative estimate of drug-likeness (QED) is 0.680. The molecule has 20 heavy (non-hydrogen) atoms. The van der Waals surface area contributed by atoms with Crippen LogP contribution < -0.4 is 11.1 Å². The van der Waals surface area contributed by atoms with Crippen LogP contribution in [0.25, 0.3) is 0 Å². The van der Waals surface area contributed by atoms with Gasteiger partial charge in [-0.1, -0.05) is 0 Å². The van der Waals surface area contributed by atoms with E-state index in [0.717, 1.165) is 11.8 Å². The maximum atomic E-state index is 11.4. The molecule has 4 bridgehead atoms. The third-order valence-corrected chi connectivity index (χ3v) is 5.60. The summed E-state index contributed by atoms with van der Waals surface area (Å²) in [6, 6.07) is -0.304. The van der Waals surface area contributed by atoms with Crippen LogP contribution in [0.3, 0.4) is 0 Å². The Kier molecular flexibility index (Phi) is 3.71. The van der Waals surface area contributed by atoms with Gasteiger partial charge in [-0.15, -0.1) is 0 Å². The number of nitrogens with one attached hydrogen (secondary N) is 1. The number of aliphatic carboxylic acids is 1. The number of hydrogen-bond acceptors (Lipinski definition) is 3. The fourth-order valence-electron chi connectivity index (χ4n) is 4.99. The van der Waals surface area contributed by atoms with Crippen molar-refractivity contribution in [2.45, 2.75) is 57.0 Å². The summed E-state index contributed by atoms with van der Waals surface area (Å²) in [6.07, 6.45) is 6.85. The summed E-state index contributed by atoms with van der Waals surface area (Å²) < 4.78 is 0. The van der Waals surface area contributed by atoms with E-state index in [9.17, 15) is 14.7 Å². The standard InChI is InChI=1S/C15H24N2O3/c16-13(18)2-1-12(15(19)20)17-14-10-4-8-3-9(6-10)7-11(14)5-8/h8-12,14,17H,1-7H2,(H2,16,18)(H,19,20)/t8?,9?,10?,11?,12-,14?/m0/s1.